The topological polar surface area (TPSA) is 26.0 Å². The molecule has 0 unspecified atom stereocenters. The second-order valence-corrected chi connectivity index (χ2v) is 4.44. The maximum atomic E-state index is 5.76. The van der Waals surface area contributed by atoms with Gasteiger partial charge >= 0.3 is 0 Å². The van der Waals surface area contributed by atoms with Crippen molar-refractivity contribution in [1.82, 2.24) is 0 Å². The molecule has 3 heteroatoms. The molecular formula is C8H8BrNS. The molecule has 1 aromatic rings. The summed E-state index contributed by atoms with van der Waals surface area (Å²) >= 11 is 5.15. The number of allylic oxidation sites excluding steroid dienone is 1. The molecule has 1 heterocycles. The molecule has 0 saturated carbocycles. The summed E-state index contributed by atoms with van der Waals surface area (Å²) in [6.07, 6.45) is 6.62. The van der Waals surface area contributed by atoms with Crippen molar-refractivity contribution in [2.45, 2.75) is 12.8 Å². The van der Waals surface area contributed by atoms with E-state index in [-0.39, 0.29) is 0 Å². The van der Waals surface area contributed by atoms with Crippen LogP contribution in [0.25, 0.3) is 6.08 Å². The Morgan fingerprint density at radius 1 is 1.55 bits per heavy atom. The van der Waals surface area contributed by atoms with Crippen molar-refractivity contribution in [3.63, 3.8) is 0 Å². The molecule has 1 aliphatic carbocycles. The van der Waals surface area contributed by atoms with Crippen molar-refractivity contribution in [3.05, 3.63) is 21.0 Å². The Hall–Kier alpha value is -0.280. The third-order valence-electron chi connectivity index (χ3n) is 1.83. The minimum absolute atomic E-state index is 0.904. The molecule has 2 rings (SSSR count). The van der Waals surface area contributed by atoms with Crippen LogP contribution in [0.1, 0.15) is 16.9 Å². The smallest absolute Gasteiger partial charge is 0.101 e. The highest BCUT2D eigenvalue weighted by Crippen LogP contribution is 2.38. The van der Waals surface area contributed by atoms with Crippen molar-refractivity contribution in [2.75, 3.05) is 5.73 Å². The van der Waals surface area contributed by atoms with Gasteiger partial charge in [0.25, 0.3) is 0 Å². The van der Waals surface area contributed by atoms with Crippen molar-refractivity contribution in [2.24, 2.45) is 0 Å². The molecule has 11 heavy (non-hydrogen) atoms. The number of hydrogen-bond acceptors (Lipinski definition) is 2. The van der Waals surface area contributed by atoms with Crippen LogP contribution in [0.3, 0.4) is 0 Å². The van der Waals surface area contributed by atoms with Crippen LogP contribution in [0, 0.1) is 0 Å². The second kappa shape index (κ2) is 2.64. The first-order valence-electron chi connectivity index (χ1n) is 3.52. The van der Waals surface area contributed by atoms with Gasteiger partial charge in [0.05, 0.1) is 4.47 Å². The van der Waals surface area contributed by atoms with E-state index in [0.29, 0.717) is 0 Å². The largest absolute Gasteiger partial charge is 0.390 e. The van der Waals surface area contributed by atoms with Gasteiger partial charge in [-0.3, -0.25) is 0 Å². The Morgan fingerprint density at radius 2 is 2.36 bits per heavy atom. The van der Waals surface area contributed by atoms with Gasteiger partial charge in [-0.15, -0.1) is 11.3 Å². The fraction of sp³-hybridized carbons (Fsp3) is 0.250. The number of halogens is 1. The molecule has 58 valence electrons. The lowest BCUT2D eigenvalue weighted by Crippen LogP contribution is -1.89. The summed E-state index contributed by atoms with van der Waals surface area (Å²) in [7, 11) is 0. The molecule has 0 aliphatic heterocycles. The van der Waals surface area contributed by atoms with Gasteiger partial charge in [0.2, 0.25) is 0 Å². The molecule has 0 atom stereocenters. The summed E-state index contributed by atoms with van der Waals surface area (Å²) in [4.78, 5) is 1.32. The highest BCUT2D eigenvalue weighted by Gasteiger charge is 2.13. The summed E-state index contributed by atoms with van der Waals surface area (Å²) in [5, 5.41) is 0.904. The van der Waals surface area contributed by atoms with Crippen LogP contribution in [0.5, 0.6) is 0 Å². The normalized spacial score (nSPS) is 15.0. The summed E-state index contributed by atoms with van der Waals surface area (Å²) in [5.41, 5.74) is 7.14. The quantitative estimate of drug-likeness (QED) is 0.728. The van der Waals surface area contributed by atoms with E-state index < -0.39 is 0 Å². The number of rotatable bonds is 0. The van der Waals surface area contributed by atoms with Gasteiger partial charge in [0.15, 0.2) is 0 Å². The van der Waals surface area contributed by atoms with Crippen molar-refractivity contribution in [3.8, 4) is 0 Å². The molecule has 0 fully saturated rings. The van der Waals surface area contributed by atoms with Gasteiger partial charge < -0.3 is 5.73 Å². The summed E-state index contributed by atoms with van der Waals surface area (Å²) in [6, 6.07) is 0. The molecule has 0 radical (unpaired) electrons. The van der Waals surface area contributed by atoms with E-state index in [2.05, 4.69) is 28.1 Å². The number of fused-ring (bicyclic) bond motifs is 1. The van der Waals surface area contributed by atoms with Gasteiger partial charge in [0.1, 0.15) is 5.00 Å². The monoisotopic (exact) mass is 229 g/mol. The lowest BCUT2D eigenvalue weighted by molar-refractivity contribution is 0.991. The third kappa shape index (κ3) is 1.12. The van der Waals surface area contributed by atoms with Gasteiger partial charge in [-0.1, -0.05) is 6.08 Å². The standard InChI is InChI=1S/C8H8BrNS/c9-7-5-3-1-2-4-6(5)11-8(7)10/h2,4H,1,3,10H2. The fourth-order valence-electron chi connectivity index (χ4n) is 1.27. The van der Waals surface area contributed by atoms with E-state index in [1.54, 1.807) is 11.3 Å². The molecule has 0 aromatic carbocycles. The lowest BCUT2D eigenvalue weighted by atomic mass is 10.1. The van der Waals surface area contributed by atoms with Gasteiger partial charge in [-0.25, -0.2) is 0 Å². The Labute approximate surface area is 78.0 Å². The predicted octanol–water partition coefficient (Wildman–Crippen LogP) is 3.05. The number of nitrogen functional groups attached to an aromatic ring is 1. The SMILES string of the molecule is Nc1sc2c(c1Br)CCC=C2. The summed E-state index contributed by atoms with van der Waals surface area (Å²) < 4.78 is 1.11. The van der Waals surface area contributed by atoms with E-state index in [4.69, 9.17) is 5.73 Å². The van der Waals surface area contributed by atoms with Crippen LogP contribution in [-0.4, -0.2) is 0 Å². The average molecular weight is 230 g/mol. The van der Waals surface area contributed by atoms with E-state index >= 15 is 0 Å². The average Bonchev–Trinajstić information content (AvgIpc) is 2.30. The minimum atomic E-state index is 0.904. The van der Waals surface area contributed by atoms with Gasteiger partial charge in [-0.05, 0) is 40.4 Å². The van der Waals surface area contributed by atoms with Gasteiger partial charge in [-0.2, -0.15) is 0 Å². The molecule has 0 saturated heterocycles. The molecular weight excluding hydrogens is 222 g/mol. The Bertz CT molecular complexity index is 314. The predicted molar refractivity (Wildman–Crippen MR) is 53.8 cm³/mol. The van der Waals surface area contributed by atoms with E-state index in [9.17, 15) is 0 Å². The first-order valence-corrected chi connectivity index (χ1v) is 5.13. The molecule has 1 aliphatic rings. The molecule has 2 N–H and O–H groups in total. The number of nitrogens with two attached hydrogens (primary N) is 1. The molecule has 1 nitrogen and oxygen atoms in total. The number of thiophene rings is 1. The van der Waals surface area contributed by atoms with Crippen LogP contribution >= 0.6 is 27.3 Å². The van der Waals surface area contributed by atoms with Crippen LogP contribution < -0.4 is 5.73 Å². The zero-order chi connectivity index (χ0) is 7.84. The first kappa shape index (κ1) is 7.37. The number of anilines is 1. The molecule has 0 spiro atoms. The lowest BCUT2D eigenvalue weighted by Gasteiger charge is -2.03. The maximum Gasteiger partial charge on any atom is 0.101 e. The summed E-state index contributed by atoms with van der Waals surface area (Å²) in [6.45, 7) is 0. The fourth-order valence-corrected chi connectivity index (χ4v) is 2.99. The highest BCUT2D eigenvalue weighted by atomic mass is 79.9. The molecule has 0 amide bonds. The minimum Gasteiger partial charge on any atom is -0.390 e. The maximum absolute atomic E-state index is 5.76. The van der Waals surface area contributed by atoms with Crippen LogP contribution in [-0.2, 0) is 6.42 Å². The highest BCUT2D eigenvalue weighted by molar-refractivity contribution is 9.10. The van der Waals surface area contributed by atoms with Gasteiger partial charge in [0, 0.05) is 4.88 Å². The van der Waals surface area contributed by atoms with Crippen molar-refractivity contribution in [1.29, 1.82) is 0 Å². The zero-order valence-corrected chi connectivity index (χ0v) is 8.33. The van der Waals surface area contributed by atoms with E-state index in [0.717, 1.165) is 22.3 Å². The molecule has 1 aromatic heterocycles. The zero-order valence-electron chi connectivity index (χ0n) is 5.93. The van der Waals surface area contributed by atoms with Crippen molar-refractivity contribution >= 4 is 38.3 Å². The second-order valence-electron chi connectivity index (χ2n) is 2.56. The molecule has 0 bridgehead atoms. The first-order chi connectivity index (χ1) is 5.29. The van der Waals surface area contributed by atoms with Crippen molar-refractivity contribution < 1.29 is 0 Å². The Morgan fingerprint density at radius 3 is 3.09 bits per heavy atom. The summed E-state index contributed by atoms with van der Waals surface area (Å²) in [5.74, 6) is 0. The van der Waals surface area contributed by atoms with E-state index in [1.165, 1.54) is 10.4 Å². The van der Waals surface area contributed by atoms with E-state index in [1.807, 2.05) is 0 Å². The van der Waals surface area contributed by atoms with Crippen LogP contribution in [0.15, 0.2) is 10.5 Å². The van der Waals surface area contributed by atoms with Crippen LogP contribution in [0.4, 0.5) is 5.00 Å². The number of hydrogen-bond donors (Lipinski definition) is 1. The Kier molecular flexibility index (Phi) is 1.77. The third-order valence-corrected chi connectivity index (χ3v) is 4.02. The van der Waals surface area contributed by atoms with Crippen LogP contribution in [0.2, 0.25) is 0 Å². The Balaban J connectivity index is 2.61.